The fourth-order valence-corrected chi connectivity index (χ4v) is 3.49. The van der Waals surface area contributed by atoms with Crippen LogP contribution in [0.3, 0.4) is 0 Å². The molecule has 2 atom stereocenters. The minimum absolute atomic E-state index is 0.0608. The molecule has 7 heteroatoms. The Hall–Kier alpha value is -1.17. The zero-order valence-electron chi connectivity index (χ0n) is 11.4. The maximum Gasteiger partial charge on any atom is 0.318 e. The second kappa shape index (κ2) is 5.91. The normalized spacial score (nSPS) is 26.0. The molecule has 5 nitrogen and oxygen atoms in total. The molecule has 1 aromatic rings. The summed E-state index contributed by atoms with van der Waals surface area (Å²) >= 11 is 12.2. The SMILES string of the molecule is O=C1N[C@H](c2c(O)ccc(Cl)c2Cl)CCN1[C@@H]1CCNC1. The third-order valence-electron chi connectivity index (χ3n) is 4.15. The molecule has 2 heterocycles. The van der Waals surface area contributed by atoms with Crippen molar-refractivity contribution in [1.29, 1.82) is 0 Å². The molecule has 3 rings (SSSR count). The smallest absolute Gasteiger partial charge is 0.318 e. The van der Waals surface area contributed by atoms with Crippen LogP contribution in [0.5, 0.6) is 5.75 Å². The number of hydrogen-bond acceptors (Lipinski definition) is 3. The van der Waals surface area contributed by atoms with E-state index in [9.17, 15) is 9.90 Å². The van der Waals surface area contributed by atoms with Gasteiger partial charge in [-0.1, -0.05) is 23.2 Å². The number of urea groups is 1. The maximum absolute atomic E-state index is 12.3. The quantitative estimate of drug-likeness (QED) is 0.781. The molecule has 3 N–H and O–H groups in total. The first kappa shape index (κ1) is 14.8. The summed E-state index contributed by atoms with van der Waals surface area (Å²) in [5, 5.41) is 16.9. The lowest BCUT2D eigenvalue weighted by Gasteiger charge is -2.37. The van der Waals surface area contributed by atoms with E-state index in [1.807, 2.05) is 4.90 Å². The van der Waals surface area contributed by atoms with Crippen LogP contribution in [-0.4, -0.2) is 41.7 Å². The van der Waals surface area contributed by atoms with Crippen molar-refractivity contribution in [1.82, 2.24) is 15.5 Å². The first-order valence-electron chi connectivity index (χ1n) is 7.02. The fourth-order valence-electron chi connectivity index (χ4n) is 3.03. The van der Waals surface area contributed by atoms with Crippen molar-refractivity contribution in [2.24, 2.45) is 0 Å². The van der Waals surface area contributed by atoms with Crippen molar-refractivity contribution in [2.75, 3.05) is 19.6 Å². The molecule has 2 aliphatic rings. The Bertz CT molecular complexity index is 561. The molecule has 1 aromatic carbocycles. The maximum atomic E-state index is 12.3. The molecule has 0 bridgehead atoms. The number of nitrogens with one attached hydrogen (secondary N) is 2. The van der Waals surface area contributed by atoms with E-state index >= 15 is 0 Å². The number of amides is 2. The van der Waals surface area contributed by atoms with E-state index < -0.39 is 0 Å². The summed E-state index contributed by atoms with van der Waals surface area (Å²) in [5.41, 5.74) is 0.502. The third-order valence-corrected chi connectivity index (χ3v) is 4.97. The van der Waals surface area contributed by atoms with E-state index in [4.69, 9.17) is 23.2 Å². The van der Waals surface area contributed by atoms with Gasteiger partial charge in [0.2, 0.25) is 0 Å². The van der Waals surface area contributed by atoms with Gasteiger partial charge in [-0.25, -0.2) is 4.79 Å². The first-order valence-corrected chi connectivity index (χ1v) is 7.78. The largest absolute Gasteiger partial charge is 0.508 e. The standard InChI is InChI=1S/C14H17Cl2N3O2/c15-9-1-2-11(20)12(13(9)16)10-4-6-19(14(21)18-10)8-3-5-17-7-8/h1-2,8,10,17,20H,3-7H2,(H,18,21)/t8-,10+/m1/s1. The van der Waals surface area contributed by atoms with Gasteiger partial charge in [0.15, 0.2) is 0 Å². The third kappa shape index (κ3) is 2.78. The summed E-state index contributed by atoms with van der Waals surface area (Å²) in [6, 6.07) is 2.87. The molecule has 0 saturated carbocycles. The van der Waals surface area contributed by atoms with Crippen molar-refractivity contribution >= 4 is 29.2 Å². The predicted molar refractivity (Wildman–Crippen MR) is 82.0 cm³/mol. The summed E-state index contributed by atoms with van der Waals surface area (Å²) in [5.74, 6) is 0.0608. The average molecular weight is 330 g/mol. The van der Waals surface area contributed by atoms with Crippen molar-refractivity contribution in [3.63, 3.8) is 0 Å². The number of benzene rings is 1. The molecular formula is C14H17Cl2N3O2. The van der Waals surface area contributed by atoms with Gasteiger partial charge < -0.3 is 20.6 Å². The molecule has 114 valence electrons. The number of halogens is 2. The van der Waals surface area contributed by atoms with Crippen LogP contribution in [0.25, 0.3) is 0 Å². The van der Waals surface area contributed by atoms with Crippen LogP contribution < -0.4 is 10.6 Å². The van der Waals surface area contributed by atoms with Crippen LogP contribution in [0.1, 0.15) is 24.4 Å². The molecule has 0 aromatic heterocycles. The lowest BCUT2D eigenvalue weighted by molar-refractivity contribution is 0.153. The van der Waals surface area contributed by atoms with E-state index in [-0.39, 0.29) is 23.9 Å². The van der Waals surface area contributed by atoms with Crippen LogP contribution in [0.15, 0.2) is 12.1 Å². The van der Waals surface area contributed by atoms with Gasteiger partial charge in [0, 0.05) is 24.7 Å². The van der Waals surface area contributed by atoms with Crippen molar-refractivity contribution < 1.29 is 9.90 Å². The Labute approximate surface area is 133 Å². The van der Waals surface area contributed by atoms with Crippen molar-refractivity contribution in [3.05, 3.63) is 27.7 Å². The molecule has 0 radical (unpaired) electrons. The number of carbonyl (C=O) groups is 1. The highest BCUT2D eigenvalue weighted by atomic mass is 35.5. The average Bonchev–Trinajstić information content (AvgIpc) is 2.97. The van der Waals surface area contributed by atoms with E-state index in [1.165, 1.54) is 6.07 Å². The second-order valence-electron chi connectivity index (χ2n) is 5.42. The number of rotatable bonds is 2. The summed E-state index contributed by atoms with van der Waals surface area (Å²) in [4.78, 5) is 14.2. The highest BCUT2D eigenvalue weighted by molar-refractivity contribution is 6.42. The minimum Gasteiger partial charge on any atom is -0.508 e. The number of phenolic OH excluding ortho intramolecular Hbond substituents is 1. The van der Waals surface area contributed by atoms with Gasteiger partial charge in [0.1, 0.15) is 5.75 Å². The zero-order chi connectivity index (χ0) is 15.0. The summed E-state index contributed by atoms with van der Waals surface area (Å²) in [7, 11) is 0. The second-order valence-corrected chi connectivity index (χ2v) is 6.21. The highest BCUT2D eigenvalue weighted by Gasteiger charge is 2.34. The van der Waals surface area contributed by atoms with Crippen LogP contribution in [0, 0.1) is 0 Å². The monoisotopic (exact) mass is 329 g/mol. The highest BCUT2D eigenvalue weighted by Crippen LogP contribution is 2.39. The molecular weight excluding hydrogens is 313 g/mol. The molecule has 2 fully saturated rings. The van der Waals surface area contributed by atoms with Gasteiger partial charge >= 0.3 is 6.03 Å². The van der Waals surface area contributed by atoms with Crippen molar-refractivity contribution in [2.45, 2.75) is 24.9 Å². The number of phenols is 1. The predicted octanol–water partition coefficient (Wildman–Crippen LogP) is 2.52. The summed E-state index contributed by atoms with van der Waals surface area (Å²) < 4.78 is 0. The molecule has 0 aliphatic carbocycles. The van der Waals surface area contributed by atoms with Crippen LogP contribution in [-0.2, 0) is 0 Å². The van der Waals surface area contributed by atoms with Gasteiger partial charge in [-0.05, 0) is 31.5 Å². The van der Waals surface area contributed by atoms with E-state index in [2.05, 4.69) is 10.6 Å². The van der Waals surface area contributed by atoms with E-state index in [1.54, 1.807) is 6.07 Å². The van der Waals surface area contributed by atoms with Crippen LogP contribution in [0.2, 0.25) is 10.0 Å². The summed E-state index contributed by atoms with van der Waals surface area (Å²) in [6.45, 7) is 2.42. The minimum atomic E-state index is -0.311. The van der Waals surface area contributed by atoms with Gasteiger partial charge in [-0.15, -0.1) is 0 Å². The molecule has 2 amide bonds. The van der Waals surface area contributed by atoms with Crippen LogP contribution >= 0.6 is 23.2 Å². The van der Waals surface area contributed by atoms with E-state index in [0.29, 0.717) is 28.6 Å². The fraction of sp³-hybridized carbons (Fsp3) is 0.500. The molecule has 2 saturated heterocycles. The number of hydrogen-bond donors (Lipinski definition) is 3. The van der Waals surface area contributed by atoms with Gasteiger partial charge in [0.05, 0.1) is 16.1 Å². The Morgan fingerprint density at radius 3 is 2.76 bits per heavy atom. The molecule has 21 heavy (non-hydrogen) atoms. The zero-order valence-corrected chi connectivity index (χ0v) is 12.9. The lowest BCUT2D eigenvalue weighted by atomic mass is 10.00. The Morgan fingerprint density at radius 2 is 2.10 bits per heavy atom. The number of nitrogens with zero attached hydrogens (tertiary/aromatic N) is 1. The Kier molecular flexibility index (Phi) is 4.15. The van der Waals surface area contributed by atoms with Gasteiger partial charge in [-0.2, -0.15) is 0 Å². The van der Waals surface area contributed by atoms with E-state index in [0.717, 1.165) is 19.5 Å². The molecule has 0 spiro atoms. The molecule has 0 unspecified atom stereocenters. The Balaban J connectivity index is 1.78. The topological polar surface area (TPSA) is 64.6 Å². The number of carbonyl (C=O) groups excluding carboxylic acids is 1. The van der Waals surface area contributed by atoms with Crippen molar-refractivity contribution in [3.8, 4) is 5.75 Å². The number of aromatic hydroxyl groups is 1. The first-order chi connectivity index (χ1) is 10.1. The van der Waals surface area contributed by atoms with Gasteiger partial charge in [-0.3, -0.25) is 0 Å². The lowest BCUT2D eigenvalue weighted by Crippen LogP contribution is -2.52. The van der Waals surface area contributed by atoms with Gasteiger partial charge in [0.25, 0.3) is 0 Å². The van der Waals surface area contributed by atoms with Crippen LogP contribution in [0.4, 0.5) is 4.79 Å². The Morgan fingerprint density at radius 1 is 1.29 bits per heavy atom. The summed E-state index contributed by atoms with van der Waals surface area (Å²) in [6.07, 6.45) is 1.66. The molecule has 2 aliphatic heterocycles.